The van der Waals surface area contributed by atoms with E-state index in [1.54, 1.807) is 31.2 Å². The SMILES string of the molecule is CCNS(=O)(=O)NCc1cccc(C(=N)N)c1. The van der Waals surface area contributed by atoms with Crippen LogP contribution >= 0.6 is 0 Å². The molecule has 0 bridgehead atoms. The van der Waals surface area contributed by atoms with Gasteiger partial charge in [-0.2, -0.15) is 13.1 Å². The Hall–Kier alpha value is -1.44. The third-order valence-electron chi connectivity index (χ3n) is 2.04. The normalized spacial score (nSPS) is 11.4. The topological polar surface area (TPSA) is 108 Å². The van der Waals surface area contributed by atoms with E-state index >= 15 is 0 Å². The van der Waals surface area contributed by atoms with Crippen molar-refractivity contribution >= 4 is 16.0 Å². The van der Waals surface area contributed by atoms with Gasteiger partial charge in [0.25, 0.3) is 10.2 Å². The van der Waals surface area contributed by atoms with Crippen LogP contribution in [0.15, 0.2) is 24.3 Å². The first kappa shape index (κ1) is 13.6. The Morgan fingerprint density at radius 2 is 2.12 bits per heavy atom. The van der Waals surface area contributed by atoms with Crippen LogP contribution in [0.5, 0.6) is 0 Å². The number of amidine groups is 1. The van der Waals surface area contributed by atoms with Crippen molar-refractivity contribution in [2.45, 2.75) is 13.5 Å². The first-order chi connectivity index (χ1) is 7.94. The molecular weight excluding hydrogens is 240 g/mol. The lowest BCUT2D eigenvalue weighted by Gasteiger charge is -2.07. The number of nitrogen functional groups attached to an aromatic ring is 1. The fourth-order valence-corrected chi connectivity index (χ4v) is 2.11. The minimum Gasteiger partial charge on any atom is -0.384 e. The maximum atomic E-state index is 11.3. The highest BCUT2D eigenvalue weighted by molar-refractivity contribution is 7.87. The molecule has 0 radical (unpaired) electrons. The van der Waals surface area contributed by atoms with E-state index in [9.17, 15) is 8.42 Å². The Balaban J connectivity index is 2.70. The van der Waals surface area contributed by atoms with Gasteiger partial charge in [0.15, 0.2) is 0 Å². The smallest absolute Gasteiger partial charge is 0.277 e. The van der Waals surface area contributed by atoms with E-state index in [-0.39, 0.29) is 12.4 Å². The molecule has 94 valence electrons. The molecule has 0 fully saturated rings. The Kier molecular flexibility index (Phi) is 4.62. The second kappa shape index (κ2) is 5.76. The Bertz CT molecular complexity index is 499. The molecular formula is C10H16N4O2S. The first-order valence-corrected chi connectivity index (χ1v) is 6.60. The number of hydrogen-bond acceptors (Lipinski definition) is 3. The fraction of sp³-hybridized carbons (Fsp3) is 0.300. The third kappa shape index (κ3) is 4.51. The molecule has 0 heterocycles. The van der Waals surface area contributed by atoms with E-state index in [1.165, 1.54) is 0 Å². The summed E-state index contributed by atoms with van der Waals surface area (Å²) in [7, 11) is -3.45. The van der Waals surface area contributed by atoms with Crippen LogP contribution in [0.4, 0.5) is 0 Å². The predicted molar refractivity (Wildman–Crippen MR) is 66.9 cm³/mol. The van der Waals surface area contributed by atoms with Gasteiger partial charge in [-0.05, 0) is 11.6 Å². The van der Waals surface area contributed by atoms with Gasteiger partial charge in [0, 0.05) is 18.7 Å². The third-order valence-corrected chi connectivity index (χ3v) is 3.23. The average Bonchev–Trinajstić information content (AvgIpc) is 2.27. The molecule has 1 rings (SSSR count). The lowest BCUT2D eigenvalue weighted by Crippen LogP contribution is -2.35. The summed E-state index contributed by atoms with van der Waals surface area (Å²) in [6.07, 6.45) is 0. The zero-order valence-corrected chi connectivity index (χ0v) is 10.3. The van der Waals surface area contributed by atoms with Gasteiger partial charge in [-0.1, -0.05) is 25.1 Å². The van der Waals surface area contributed by atoms with Gasteiger partial charge in [0.2, 0.25) is 0 Å². The molecule has 5 N–H and O–H groups in total. The summed E-state index contributed by atoms with van der Waals surface area (Å²) in [5.41, 5.74) is 6.67. The van der Waals surface area contributed by atoms with Crippen molar-refractivity contribution in [3.8, 4) is 0 Å². The molecule has 6 nitrogen and oxygen atoms in total. The molecule has 0 spiro atoms. The van der Waals surface area contributed by atoms with E-state index in [2.05, 4.69) is 9.44 Å². The Morgan fingerprint density at radius 1 is 1.41 bits per heavy atom. The van der Waals surface area contributed by atoms with Crippen molar-refractivity contribution in [1.82, 2.24) is 9.44 Å². The summed E-state index contributed by atoms with van der Waals surface area (Å²) in [4.78, 5) is 0. The summed E-state index contributed by atoms with van der Waals surface area (Å²) in [6.45, 7) is 2.20. The molecule has 1 aromatic carbocycles. The largest absolute Gasteiger partial charge is 0.384 e. The molecule has 0 aliphatic rings. The molecule has 0 saturated carbocycles. The second-order valence-corrected chi connectivity index (χ2v) is 5.02. The van der Waals surface area contributed by atoms with Gasteiger partial charge in [-0.3, -0.25) is 5.41 Å². The summed E-state index contributed by atoms with van der Waals surface area (Å²) < 4.78 is 27.4. The van der Waals surface area contributed by atoms with Crippen LogP contribution in [0.3, 0.4) is 0 Å². The van der Waals surface area contributed by atoms with Crippen molar-refractivity contribution in [1.29, 1.82) is 5.41 Å². The molecule has 17 heavy (non-hydrogen) atoms. The van der Waals surface area contributed by atoms with Gasteiger partial charge < -0.3 is 5.73 Å². The van der Waals surface area contributed by atoms with E-state index in [0.29, 0.717) is 12.1 Å². The molecule has 0 aliphatic heterocycles. The lowest BCUT2D eigenvalue weighted by molar-refractivity contribution is 0.568. The van der Waals surface area contributed by atoms with E-state index in [0.717, 1.165) is 5.56 Å². The Morgan fingerprint density at radius 3 is 2.71 bits per heavy atom. The minimum atomic E-state index is -3.45. The molecule has 0 atom stereocenters. The lowest BCUT2D eigenvalue weighted by atomic mass is 10.1. The number of nitrogens with one attached hydrogen (secondary N) is 3. The second-order valence-electron chi connectivity index (χ2n) is 3.44. The van der Waals surface area contributed by atoms with Crippen LogP contribution in [-0.4, -0.2) is 20.8 Å². The van der Waals surface area contributed by atoms with Crippen LogP contribution in [0.1, 0.15) is 18.1 Å². The minimum absolute atomic E-state index is 0.0404. The van der Waals surface area contributed by atoms with E-state index in [1.807, 2.05) is 0 Å². The molecule has 0 saturated heterocycles. The zero-order chi connectivity index (χ0) is 12.9. The number of hydrogen-bond donors (Lipinski definition) is 4. The van der Waals surface area contributed by atoms with Crippen molar-refractivity contribution < 1.29 is 8.42 Å². The van der Waals surface area contributed by atoms with Gasteiger partial charge in [-0.25, -0.2) is 4.72 Å². The highest BCUT2D eigenvalue weighted by Gasteiger charge is 2.07. The van der Waals surface area contributed by atoms with Crippen molar-refractivity contribution in [3.05, 3.63) is 35.4 Å². The van der Waals surface area contributed by atoms with Crippen LogP contribution < -0.4 is 15.2 Å². The van der Waals surface area contributed by atoms with Crippen LogP contribution in [0.25, 0.3) is 0 Å². The summed E-state index contributed by atoms with van der Waals surface area (Å²) >= 11 is 0. The number of rotatable bonds is 6. The molecule has 0 aromatic heterocycles. The molecule has 1 aromatic rings. The van der Waals surface area contributed by atoms with Crippen molar-refractivity contribution in [2.24, 2.45) is 5.73 Å². The van der Waals surface area contributed by atoms with Gasteiger partial charge >= 0.3 is 0 Å². The highest BCUT2D eigenvalue weighted by atomic mass is 32.2. The maximum Gasteiger partial charge on any atom is 0.277 e. The zero-order valence-electron chi connectivity index (χ0n) is 9.53. The maximum absolute atomic E-state index is 11.3. The number of benzene rings is 1. The van der Waals surface area contributed by atoms with Gasteiger partial charge in [0.1, 0.15) is 5.84 Å². The monoisotopic (exact) mass is 256 g/mol. The molecule has 0 amide bonds. The highest BCUT2D eigenvalue weighted by Crippen LogP contribution is 2.04. The van der Waals surface area contributed by atoms with Crippen LogP contribution in [0.2, 0.25) is 0 Å². The van der Waals surface area contributed by atoms with E-state index < -0.39 is 10.2 Å². The number of nitrogens with two attached hydrogens (primary N) is 1. The predicted octanol–water partition coefficient (Wildman–Crippen LogP) is -0.0854. The Labute approximate surface area is 101 Å². The average molecular weight is 256 g/mol. The van der Waals surface area contributed by atoms with Crippen LogP contribution in [0, 0.1) is 5.41 Å². The molecule has 0 aliphatic carbocycles. The summed E-state index contributed by atoms with van der Waals surface area (Å²) in [6, 6.07) is 6.87. The van der Waals surface area contributed by atoms with Gasteiger partial charge in [0.05, 0.1) is 0 Å². The summed E-state index contributed by atoms with van der Waals surface area (Å²) in [5, 5.41) is 7.28. The van der Waals surface area contributed by atoms with Crippen molar-refractivity contribution in [3.63, 3.8) is 0 Å². The first-order valence-electron chi connectivity index (χ1n) is 5.12. The standard InChI is InChI=1S/C10H16N4O2S/c1-2-13-17(15,16)14-7-8-4-3-5-9(6-8)10(11)12/h3-6,13-14H,2,7H2,1H3,(H3,11,12). The van der Waals surface area contributed by atoms with Crippen molar-refractivity contribution in [2.75, 3.05) is 6.54 Å². The van der Waals surface area contributed by atoms with Crippen LogP contribution in [-0.2, 0) is 16.8 Å². The molecule has 7 heteroatoms. The summed E-state index contributed by atoms with van der Waals surface area (Å²) in [5.74, 6) is -0.0404. The van der Waals surface area contributed by atoms with E-state index in [4.69, 9.17) is 11.1 Å². The van der Waals surface area contributed by atoms with Gasteiger partial charge in [-0.15, -0.1) is 0 Å². The molecule has 0 unspecified atom stereocenters. The fourth-order valence-electron chi connectivity index (χ4n) is 1.27. The quantitative estimate of drug-likeness (QED) is 0.422.